The molecule has 1 N–H and O–H groups in total. The van der Waals surface area contributed by atoms with E-state index < -0.39 is 0 Å². The number of benzene rings is 1. The summed E-state index contributed by atoms with van der Waals surface area (Å²) in [6.07, 6.45) is 0.737. The van der Waals surface area contributed by atoms with Crippen molar-refractivity contribution in [3.63, 3.8) is 0 Å². The molecular formula is C19H19Cl2N3O3. The summed E-state index contributed by atoms with van der Waals surface area (Å²) in [6, 6.07) is 5.16. The topological polar surface area (TPSA) is 61.9 Å². The van der Waals surface area contributed by atoms with Crippen molar-refractivity contribution in [1.29, 1.82) is 0 Å². The maximum Gasteiger partial charge on any atom is 0.320 e. The van der Waals surface area contributed by atoms with Gasteiger partial charge >= 0.3 is 6.03 Å². The molecule has 6 nitrogen and oxygen atoms in total. The van der Waals surface area contributed by atoms with E-state index >= 15 is 0 Å². The fourth-order valence-electron chi connectivity index (χ4n) is 3.59. The molecule has 0 spiro atoms. The normalized spacial score (nSPS) is 25.0. The fourth-order valence-corrected chi connectivity index (χ4v) is 4.08. The first kappa shape index (κ1) is 18.4. The second kappa shape index (κ2) is 7.59. The van der Waals surface area contributed by atoms with E-state index in [1.165, 1.54) is 0 Å². The van der Waals surface area contributed by atoms with Gasteiger partial charge in [0.15, 0.2) is 0 Å². The number of nitrogens with zero attached hydrogens (tertiary/aromatic N) is 2. The lowest BCUT2D eigenvalue weighted by Crippen LogP contribution is -2.64. The first-order valence-corrected chi connectivity index (χ1v) is 9.67. The van der Waals surface area contributed by atoms with Gasteiger partial charge in [0.2, 0.25) is 5.91 Å². The van der Waals surface area contributed by atoms with Crippen LogP contribution in [-0.4, -0.2) is 66.7 Å². The van der Waals surface area contributed by atoms with Crippen LogP contribution in [0.3, 0.4) is 0 Å². The summed E-state index contributed by atoms with van der Waals surface area (Å²) < 4.78 is 5.53. The van der Waals surface area contributed by atoms with Gasteiger partial charge in [-0.15, -0.1) is 0 Å². The molecule has 0 radical (unpaired) electrons. The van der Waals surface area contributed by atoms with E-state index in [0.717, 1.165) is 6.42 Å². The molecule has 3 aliphatic heterocycles. The summed E-state index contributed by atoms with van der Waals surface area (Å²) in [4.78, 5) is 27.7. The van der Waals surface area contributed by atoms with Crippen molar-refractivity contribution in [2.75, 3.05) is 32.8 Å². The number of nitrogens with one attached hydrogen (secondary N) is 1. The Hall–Kier alpha value is -1.94. The van der Waals surface area contributed by atoms with Gasteiger partial charge < -0.3 is 19.9 Å². The van der Waals surface area contributed by atoms with Gasteiger partial charge in [-0.25, -0.2) is 4.79 Å². The van der Waals surface area contributed by atoms with Gasteiger partial charge in [0.1, 0.15) is 6.61 Å². The molecule has 0 aliphatic carbocycles. The van der Waals surface area contributed by atoms with Crippen LogP contribution in [0.1, 0.15) is 12.0 Å². The molecule has 3 aliphatic rings. The number of hydrogen-bond acceptors (Lipinski definition) is 3. The quantitative estimate of drug-likeness (QED) is 0.668. The van der Waals surface area contributed by atoms with E-state index in [2.05, 4.69) is 17.2 Å². The summed E-state index contributed by atoms with van der Waals surface area (Å²) in [5.41, 5.74) is 0.626. The van der Waals surface area contributed by atoms with Crippen LogP contribution < -0.4 is 5.32 Å². The van der Waals surface area contributed by atoms with Crippen molar-refractivity contribution in [3.05, 3.63) is 33.8 Å². The summed E-state index contributed by atoms with van der Waals surface area (Å²) in [7, 11) is 0. The number of piperidine rings is 1. The number of ether oxygens (including phenoxy) is 1. The van der Waals surface area contributed by atoms with Crippen LogP contribution in [0, 0.1) is 17.8 Å². The highest BCUT2D eigenvalue weighted by atomic mass is 35.5. The Labute approximate surface area is 167 Å². The molecule has 2 atom stereocenters. The lowest BCUT2D eigenvalue weighted by molar-refractivity contribution is -0.139. The molecule has 27 heavy (non-hydrogen) atoms. The minimum atomic E-state index is -0.122. The molecule has 3 saturated heterocycles. The van der Waals surface area contributed by atoms with Crippen molar-refractivity contribution in [1.82, 2.24) is 15.1 Å². The average Bonchev–Trinajstić information content (AvgIpc) is 2.61. The molecule has 8 heteroatoms. The number of amides is 3. The van der Waals surface area contributed by atoms with Crippen LogP contribution in [-0.2, 0) is 9.53 Å². The summed E-state index contributed by atoms with van der Waals surface area (Å²) in [6.45, 7) is 2.40. The van der Waals surface area contributed by atoms with Gasteiger partial charge in [0.25, 0.3) is 0 Å². The summed E-state index contributed by atoms with van der Waals surface area (Å²) >= 11 is 12.2. The van der Waals surface area contributed by atoms with Gasteiger partial charge in [0, 0.05) is 26.2 Å². The molecule has 0 saturated carbocycles. The van der Waals surface area contributed by atoms with Crippen LogP contribution in [0.15, 0.2) is 18.2 Å². The molecule has 0 bridgehead atoms. The van der Waals surface area contributed by atoms with Crippen molar-refractivity contribution < 1.29 is 14.3 Å². The molecule has 3 fully saturated rings. The third-order valence-corrected chi connectivity index (χ3v) is 5.74. The van der Waals surface area contributed by atoms with Crippen LogP contribution in [0.5, 0.6) is 0 Å². The molecule has 142 valence electrons. The smallest absolute Gasteiger partial charge is 0.320 e. The standard InChI is InChI=1S/C19H19Cl2N3O3/c20-14-2-1-3-15(21)13(14)5-4-12-8-24(9-12)19(26)23-7-6-17-16(10-23)22-18(25)11-27-17/h1-3,12,16-17H,6-11H2,(H,22,25)/t16-,17+/m1/s1. The molecule has 1 aromatic rings. The Morgan fingerprint density at radius 1 is 1.19 bits per heavy atom. The monoisotopic (exact) mass is 407 g/mol. The lowest BCUT2D eigenvalue weighted by Gasteiger charge is -2.45. The molecule has 3 heterocycles. The number of rotatable bonds is 0. The second-order valence-electron chi connectivity index (χ2n) is 7.01. The van der Waals surface area contributed by atoms with Crippen LogP contribution in [0.4, 0.5) is 4.79 Å². The summed E-state index contributed by atoms with van der Waals surface area (Å²) in [5, 5.41) is 3.97. The number of morpholine rings is 1. The SMILES string of the molecule is O=C1CO[C@H]2CCN(C(=O)N3CC(C#Cc4c(Cl)cccc4Cl)C3)C[C@H]2N1. The first-order chi connectivity index (χ1) is 13.0. The number of hydrogen-bond donors (Lipinski definition) is 1. The predicted octanol–water partition coefficient (Wildman–Crippen LogP) is 1.99. The van der Waals surface area contributed by atoms with E-state index in [0.29, 0.717) is 41.8 Å². The number of likely N-dealkylation sites (tertiary alicyclic amines) is 2. The van der Waals surface area contributed by atoms with E-state index in [1.807, 2.05) is 0 Å². The highest BCUT2D eigenvalue weighted by Crippen LogP contribution is 2.25. The Kier molecular flexibility index (Phi) is 5.18. The van der Waals surface area contributed by atoms with E-state index in [-0.39, 0.29) is 36.6 Å². The van der Waals surface area contributed by atoms with Crippen LogP contribution in [0.25, 0.3) is 0 Å². The molecule has 4 rings (SSSR count). The maximum absolute atomic E-state index is 12.7. The van der Waals surface area contributed by atoms with Gasteiger partial charge in [-0.1, -0.05) is 41.1 Å². The van der Waals surface area contributed by atoms with Gasteiger partial charge in [-0.05, 0) is 18.6 Å². The Morgan fingerprint density at radius 3 is 2.67 bits per heavy atom. The lowest BCUT2D eigenvalue weighted by atomic mass is 9.99. The zero-order chi connectivity index (χ0) is 19.0. The zero-order valence-electron chi connectivity index (χ0n) is 14.6. The Morgan fingerprint density at radius 2 is 1.93 bits per heavy atom. The third kappa shape index (κ3) is 3.86. The first-order valence-electron chi connectivity index (χ1n) is 8.91. The fraction of sp³-hybridized carbons (Fsp3) is 0.474. The number of urea groups is 1. The Bertz CT molecular complexity index is 809. The highest BCUT2D eigenvalue weighted by Gasteiger charge is 2.39. The molecular weight excluding hydrogens is 389 g/mol. The molecule has 0 aromatic heterocycles. The Balaban J connectivity index is 1.32. The number of carbonyl (C=O) groups excluding carboxylic acids is 2. The largest absolute Gasteiger partial charge is 0.366 e. The van der Waals surface area contributed by atoms with Crippen molar-refractivity contribution in [2.45, 2.75) is 18.6 Å². The third-order valence-electron chi connectivity index (χ3n) is 5.11. The van der Waals surface area contributed by atoms with E-state index in [9.17, 15) is 9.59 Å². The van der Waals surface area contributed by atoms with Crippen molar-refractivity contribution >= 4 is 35.1 Å². The zero-order valence-corrected chi connectivity index (χ0v) is 16.1. The van der Waals surface area contributed by atoms with E-state index in [1.54, 1.807) is 28.0 Å². The molecule has 0 unspecified atom stereocenters. The van der Waals surface area contributed by atoms with Crippen LogP contribution in [0.2, 0.25) is 10.0 Å². The van der Waals surface area contributed by atoms with Crippen LogP contribution >= 0.6 is 23.2 Å². The minimum absolute atomic E-state index is 0.00197. The van der Waals surface area contributed by atoms with Gasteiger partial charge in [-0.2, -0.15) is 0 Å². The second-order valence-corrected chi connectivity index (χ2v) is 7.82. The predicted molar refractivity (Wildman–Crippen MR) is 102 cm³/mol. The molecule has 1 aromatic carbocycles. The van der Waals surface area contributed by atoms with Crippen molar-refractivity contribution in [3.8, 4) is 11.8 Å². The van der Waals surface area contributed by atoms with Gasteiger partial charge in [0.05, 0.1) is 33.7 Å². The summed E-state index contributed by atoms with van der Waals surface area (Å²) in [5.74, 6) is 6.17. The number of carbonyl (C=O) groups is 2. The minimum Gasteiger partial charge on any atom is -0.366 e. The number of halogens is 2. The highest BCUT2D eigenvalue weighted by molar-refractivity contribution is 6.36. The average molecular weight is 408 g/mol. The van der Waals surface area contributed by atoms with Gasteiger partial charge in [-0.3, -0.25) is 4.79 Å². The number of fused-ring (bicyclic) bond motifs is 1. The molecule has 3 amide bonds. The maximum atomic E-state index is 12.7. The van der Waals surface area contributed by atoms with E-state index in [4.69, 9.17) is 27.9 Å². The van der Waals surface area contributed by atoms with Crippen molar-refractivity contribution in [2.24, 2.45) is 5.92 Å².